The molecule has 0 aromatic carbocycles. The molecule has 0 aromatic heterocycles. The maximum atomic E-state index is 10.7. The van der Waals surface area contributed by atoms with E-state index in [9.17, 15) is 4.79 Å². The van der Waals surface area contributed by atoms with Crippen LogP contribution in [0.5, 0.6) is 0 Å². The van der Waals surface area contributed by atoms with Crippen molar-refractivity contribution in [2.45, 2.75) is 19.8 Å². The first-order chi connectivity index (χ1) is 7.15. The molecule has 15 heavy (non-hydrogen) atoms. The first-order valence-corrected chi connectivity index (χ1v) is 5.59. The second kappa shape index (κ2) is 6.08. The predicted octanol–water partition coefficient (Wildman–Crippen LogP) is 1.07. The quantitative estimate of drug-likeness (QED) is 0.645. The van der Waals surface area contributed by atoms with E-state index in [0.29, 0.717) is 5.92 Å². The smallest absolute Gasteiger partial charge is 0.306 e. The molecule has 1 aliphatic rings. The van der Waals surface area contributed by atoms with Gasteiger partial charge in [-0.1, -0.05) is 6.92 Å². The molecule has 0 amide bonds. The molecule has 1 saturated heterocycles. The summed E-state index contributed by atoms with van der Waals surface area (Å²) >= 11 is 0. The lowest BCUT2D eigenvalue weighted by Crippen LogP contribution is -2.51. The molecule has 0 saturated carbocycles. The molecule has 0 aliphatic carbocycles. The Bertz CT molecular complexity index is 202. The van der Waals surface area contributed by atoms with Gasteiger partial charge in [0.2, 0.25) is 0 Å². The summed E-state index contributed by atoms with van der Waals surface area (Å²) in [6, 6.07) is 0. The number of carbonyl (C=O) groups is 1. The molecule has 0 aromatic rings. The summed E-state index contributed by atoms with van der Waals surface area (Å²) < 4.78 is 4.97. The van der Waals surface area contributed by atoms with Crippen molar-refractivity contribution in [3.63, 3.8) is 0 Å². The molecule has 0 bridgehead atoms. The van der Waals surface area contributed by atoms with Crippen LogP contribution >= 0.6 is 0 Å². The number of carboxylic acids is 1. The zero-order valence-corrected chi connectivity index (χ0v) is 9.61. The van der Waals surface area contributed by atoms with Crippen LogP contribution in [0, 0.1) is 11.8 Å². The molecule has 4 heteroatoms. The lowest BCUT2D eigenvalue weighted by atomic mass is 9.87. The maximum absolute atomic E-state index is 10.7. The molecular weight excluding hydrogens is 194 g/mol. The fraction of sp³-hybridized carbons (Fsp3) is 0.909. The van der Waals surface area contributed by atoms with Crippen LogP contribution in [-0.4, -0.2) is 49.3 Å². The molecule has 1 fully saturated rings. The SMILES string of the molecule is COCCCCN1CC(C(C)C(=O)O)C1. The molecule has 1 heterocycles. The molecule has 1 N–H and O–H groups in total. The largest absolute Gasteiger partial charge is 0.481 e. The molecule has 0 spiro atoms. The molecule has 1 aliphatic heterocycles. The van der Waals surface area contributed by atoms with Crippen molar-refractivity contribution < 1.29 is 14.6 Å². The summed E-state index contributed by atoms with van der Waals surface area (Å²) in [6.07, 6.45) is 2.23. The minimum absolute atomic E-state index is 0.194. The Balaban J connectivity index is 2.02. The monoisotopic (exact) mass is 215 g/mol. The van der Waals surface area contributed by atoms with Crippen LogP contribution in [-0.2, 0) is 9.53 Å². The molecule has 1 rings (SSSR count). The van der Waals surface area contributed by atoms with Gasteiger partial charge in [-0.2, -0.15) is 0 Å². The van der Waals surface area contributed by atoms with Crippen molar-refractivity contribution in [3.05, 3.63) is 0 Å². The third-order valence-corrected chi connectivity index (χ3v) is 3.15. The Labute approximate surface area is 91.2 Å². The average molecular weight is 215 g/mol. The fourth-order valence-corrected chi connectivity index (χ4v) is 1.89. The lowest BCUT2D eigenvalue weighted by molar-refractivity contribution is -0.145. The second-order valence-corrected chi connectivity index (χ2v) is 4.35. The highest BCUT2D eigenvalue weighted by Gasteiger charge is 2.33. The van der Waals surface area contributed by atoms with Crippen LogP contribution in [0.4, 0.5) is 0 Å². The number of nitrogens with zero attached hydrogens (tertiary/aromatic N) is 1. The van der Waals surface area contributed by atoms with Gasteiger partial charge in [0, 0.05) is 26.8 Å². The zero-order chi connectivity index (χ0) is 11.3. The molecule has 1 unspecified atom stereocenters. The number of unbranched alkanes of at least 4 members (excludes halogenated alkanes) is 1. The van der Waals surface area contributed by atoms with Gasteiger partial charge in [-0.15, -0.1) is 0 Å². The minimum Gasteiger partial charge on any atom is -0.481 e. The van der Waals surface area contributed by atoms with E-state index in [4.69, 9.17) is 9.84 Å². The summed E-state index contributed by atoms with van der Waals surface area (Å²) in [5.74, 6) is -0.510. The third kappa shape index (κ3) is 3.80. The van der Waals surface area contributed by atoms with Gasteiger partial charge in [-0.05, 0) is 25.3 Å². The van der Waals surface area contributed by atoms with Crippen molar-refractivity contribution in [3.8, 4) is 0 Å². The van der Waals surface area contributed by atoms with E-state index < -0.39 is 5.97 Å². The highest BCUT2D eigenvalue weighted by molar-refractivity contribution is 5.70. The van der Waals surface area contributed by atoms with Crippen molar-refractivity contribution in [2.75, 3.05) is 33.4 Å². The van der Waals surface area contributed by atoms with Crippen LogP contribution in [0.2, 0.25) is 0 Å². The van der Waals surface area contributed by atoms with Crippen LogP contribution in [0.3, 0.4) is 0 Å². The standard InChI is InChI=1S/C11H21NO3/c1-9(11(13)14)10-7-12(8-10)5-3-4-6-15-2/h9-10H,3-8H2,1-2H3,(H,13,14). The Morgan fingerprint density at radius 3 is 2.73 bits per heavy atom. The maximum Gasteiger partial charge on any atom is 0.306 e. The first kappa shape index (κ1) is 12.5. The van der Waals surface area contributed by atoms with Gasteiger partial charge in [0.1, 0.15) is 0 Å². The average Bonchev–Trinajstić information content (AvgIpc) is 2.13. The van der Waals surface area contributed by atoms with Crippen molar-refractivity contribution in [1.82, 2.24) is 4.90 Å². The van der Waals surface area contributed by atoms with Crippen molar-refractivity contribution in [1.29, 1.82) is 0 Å². The summed E-state index contributed by atoms with van der Waals surface area (Å²) in [5, 5.41) is 8.81. The van der Waals surface area contributed by atoms with Gasteiger partial charge in [0.05, 0.1) is 5.92 Å². The van der Waals surface area contributed by atoms with E-state index in [-0.39, 0.29) is 5.92 Å². The Hall–Kier alpha value is -0.610. The Morgan fingerprint density at radius 2 is 2.20 bits per heavy atom. The number of carboxylic acid groups (broad SMARTS) is 1. The molecule has 88 valence electrons. The summed E-state index contributed by atoms with van der Waals surface area (Å²) in [6.45, 7) is 5.59. The number of methoxy groups -OCH3 is 1. The van der Waals surface area contributed by atoms with E-state index in [1.165, 1.54) is 0 Å². The van der Waals surface area contributed by atoms with E-state index in [2.05, 4.69) is 4.90 Å². The Morgan fingerprint density at radius 1 is 1.53 bits per heavy atom. The third-order valence-electron chi connectivity index (χ3n) is 3.15. The number of likely N-dealkylation sites (tertiary alicyclic amines) is 1. The van der Waals surface area contributed by atoms with Crippen LogP contribution in [0.1, 0.15) is 19.8 Å². The number of ether oxygens (including phenoxy) is 1. The first-order valence-electron chi connectivity index (χ1n) is 5.59. The predicted molar refractivity (Wildman–Crippen MR) is 57.8 cm³/mol. The van der Waals surface area contributed by atoms with Gasteiger partial charge >= 0.3 is 5.97 Å². The van der Waals surface area contributed by atoms with Gasteiger partial charge < -0.3 is 14.7 Å². The van der Waals surface area contributed by atoms with Crippen LogP contribution in [0.15, 0.2) is 0 Å². The van der Waals surface area contributed by atoms with Gasteiger partial charge in [0.25, 0.3) is 0 Å². The van der Waals surface area contributed by atoms with Gasteiger partial charge in [-0.25, -0.2) is 0 Å². The highest BCUT2D eigenvalue weighted by Crippen LogP contribution is 2.23. The molecule has 4 nitrogen and oxygen atoms in total. The van der Waals surface area contributed by atoms with E-state index in [1.807, 2.05) is 0 Å². The van der Waals surface area contributed by atoms with Crippen LogP contribution < -0.4 is 0 Å². The van der Waals surface area contributed by atoms with E-state index >= 15 is 0 Å². The minimum atomic E-state index is -0.668. The highest BCUT2D eigenvalue weighted by atomic mass is 16.5. The van der Waals surface area contributed by atoms with Gasteiger partial charge in [0.15, 0.2) is 0 Å². The zero-order valence-electron chi connectivity index (χ0n) is 9.61. The number of hydrogen-bond acceptors (Lipinski definition) is 3. The second-order valence-electron chi connectivity index (χ2n) is 4.35. The summed E-state index contributed by atoms with van der Waals surface area (Å²) in [7, 11) is 1.72. The normalized spacial score (nSPS) is 19.9. The summed E-state index contributed by atoms with van der Waals surface area (Å²) in [5.41, 5.74) is 0. The van der Waals surface area contributed by atoms with E-state index in [1.54, 1.807) is 14.0 Å². The fourth-order valence-electron chi connectivity index (χ4n) is 1.89. The molecule has 1 atom stereocenters. The topological polar surface area (TPSA) is 49.8 Å². The van der Waals surface area contributed by atoms with Crippen molar-refractivity contribution in [2.24, 2.45) is 11.8 Å². The van der Waals surface area contributed by atoms with Crippen molar-refractivity contribution >= 4 is 5.97 Å². The molecule has 0 radical (unpaired) electrons. The number of hydrogen-bond donors (Lipinski definition) is 1. The Kier molecular flexibility index (Phi) is 5.05. The molecular formula is C11H21NO3. The lowest BCUT2D eigenvalue weighted by Gasteiger charge is -2.41. The number of aliphatic carboxylic acids is 1. The van der Waals surface area contributed by atoms with Crippen LogP contribution in [0.25, 0.3) is 0 Å². The van der Waals surface area contributed by atoms with Gasteiger partial charge in [-0.3, -0.25) is 4.79 Å². The number of rotatable bonds is 7. The van der Waals surface area contributed by atoms with E-state index in [0.717, 1.165) is 39.1 Å². The summed E-state index contributed by atoms with van der Waals surface area (Å²) in [4.78, 5) is 13.0.